The summed E-state index contributed by atoms with van der Waals surface area (Å²) in [5, 5.41) is 13.4. The van der Waals surface area contributed by atoms with Gasteiger partial charge >= 0.3 is 0 Å². The second kappa shape index (κ2) is 10.2. The quantitative estimate of drug-likeness (QED) is 0.645. The molecule has 3 rings (SSSR count). The fraction of sp³-hybridized carbons (Fsp3) is 0.500. The smallest absolute Gasteiger partial charge is 0.227 e. The molecule has 0 saturated carbocycles. The van der Waals surface area contributed by atoms with Crippen LogP contribution in [0.25, 0.3) is 0 Å². The molecule has 1 amide bonds. The van der Waals surface area contributed by atoms with E-state index in [1.165, 1.54) is 6.07 Å². The molecule has 0 aliphatic carbocycles. The van der Waals surface area contributed by atoms with Crippen molar-refractivity contribution in [2.75, 3.05) is 40.0 Å². The number of rotatable bonds is 8. The largest absolute Gasteiger partial charge is 0.502 e. The van der Waals surface area contributed by atoms with Gasteiger partial charge in [0, 0.05) is 37.7 Å². The molecule has 0 spiro atoms. The fourth-order valence-electron chi connectivity index (χ4n) is 3.91. The van der Waals surface area contributed by atoms with Crippen LogP contribution in [-0.4, -0.2) is 61.4 Å². The second-order valence-corrected chi connectivity index (χ2v) is 8.65. The molecule has 1 aromatic carbocycles. The molecule has 2 N–H and O–H groups in total. The molecule has 8 heteroatoms. The first-order valence-corrected chi connectivity index (χ1v) is 10.8. The lowest BCUT2D eigenvalue weighted by Crippen LogP contribution is -2.55. The summed E-state index contributed by atoms with van der Waals surface area (Å²) in [7, 11) is 1.57. The standard InChI is InChI=1S/C24H32N2O6/c1-16-13-20(27)22(29)23(32-16)19(17-5-7-18(30-4)8-6-17)14-21(28)25-15-24(2,3)26-9-11-31-12-10-26/h5-8,13,19,29H,9-12,14-15H2,1-4H3,(H,25,28). The highest BCUT2D eigenvalue weighted by Gasteiger charge is 2.30. The summed E-state index contributed by atoms with van der Waals surface area (Å²) < 4.78 is 16.4. The number of aromatic hydroxyl groups is 1. The van der Waals surface area contributed by atoms with Gasteiger partial charge in [-0.25, -0.2) is 0 Å². The lowest BCUT2D eigenvalue weighted by atomic mass is 9.91. The van der Waals surface area contributed by atoms with Gasteiger partial charge in [-0.2, -0.15) is 0 Å². The lowest BCUT2D eigenvalue weighted by Gasteiger charge is -2.40. The molecule has 0 bridgehead atoms. The van der Waals surface area contributed by atoms with Crippen molar-refractivity contribution in [3.8, 4) is 11.5 Å². The number of hydrogen-bond donors (Lipinski definition) is 2. The Hall–Kier alpha value is -2.84. The lowest BCUT2D eigenvalue weighted by molar-refractivity contribution is -0.122. The summed E-state index contributed by atoms with van der Waals surface area (Å²) >= 11 is 0. The summed E-state index contributed by atoms with van der Waals surface area (Å²) in [6.07, 6.45) is 0.0193. The highest BCUT2D eigenvalue weighted by Crippen LogP contribution is 2.33. The number of nitrogens with zero attached hydrogens (tertiary/aromatic N) is 1. The zero-order chi connectivity index (χ0) is 23.3. The Balaban J connectivity index is 1.80. The van der Waals surface area contributed by atoms with E-state index in [2.05, 4.69) is 24.1 Å². The Morgan fingerprint density at radius 3 is 2.53 bits per heavy atom. The molecule has 1 aliphatic heterocycles. The van der Waals surface area contributed by atoms with Crippen LogP contribution >= 0.6 is 0 Å². The van der Waals surface area contributed by atoms with E-state index in [4.69, 9.17) is 13.9 Å². The van der Waals surface area contributed by atoms with E-state index >= 15 is 0 Å². The first kappa shape index (κ1) is 23.8. The minimum atomic E-state index is -0.625. The van der Waals surface area contributed by atoms with Crippen LogP contribution in [0.5, 0.6) is 11.5 Å². The average molecular weight is 445 g/mol. The molecule has 1 saturated heterocycles. The SMILES string of the molecule is COc1ccc(C(CC(=O)NCC(C)(C)N2CCOCC2)c2oc(C)cc(=O)c2O)cc1. The van der Waals surface area contributed by atoms with Gasteiger partial charge in [-0.05, 0) is 38.5 Å². The van der Waals surface area contributed by atoms with E-state index < -0.39 is 17.1 Å². The van der Waals surface area contributed by atoms with Gasteiger partial charge in [0.2, 0.25) is 17.1 Å². The predicted octanol–water partition coefficient (Wildman–Crippen LogP) is 2.41. The number of benzene rings is 1. The van der Waals surface area contributed by atoms with Crippen molar-refractivity contribution in [2.24, 2.45) is 0 Å². The first-order chi connectivity index (χ1) is 15.2. The number of amides is 1. The van der Waals surface area contributed by atoms with Crippen LogP contribution < -0.4 is 15.5 Å². The van der Waals surface area contributed by atoms with E-state index in [1.807, 2.05) is 0 Å². The summed E-state index contributed by atoms with van der Waals surface area (Å²) in [4.78, 5) is 27.4. The summed E-state index contributed by atoms with van der Waals surface area (Å²) in [5.41, 5.74) is -0.0267. The van der Waals surface area contributed by atoms with Crippen LogP contribution in [0.15, 0.2) is 39.5 Å². The van der Waals surface area contributed by atoms with E-state index in [0.717, 1.165) is 18.7 Å². The highest BCUT2D eigenvalue weighted by molar-refractivity contribution is 5.77. The molecular formula is C24H32N2O6. The van der Waals surface area contributed by atoms with Crippen molar-refractivity contribution < 1.29 is 23.8 Å². The number of aryl methyl sites for hydroxylation is 1. The van der Waals surface area contributed by atoms with Crippen LogP contribution in [0.3, 0.4) is 0 Å². The fourth-order valence-corrected chi connectivity index (χ4v) is 3.91. The Morgan fingerprint density at radius 1 is 1.25 bits per heavy atom. The predicted molar refractivity (Wildman–Crippen MR) is 120 cm³/mol. The Morgan fingerprint density at radius 2 is 1.91 bits per heavy atom. The molecule has 8 nitrogen and oxygen atoms in total. The maximum Gasteiger partial charge on any atom is 0.227 e. The zero-order valence-electron chi connectivity index (χ0n) is 19.1. The summed E-state index contributed by atoms with van der Waals surface area (Å²) in [6, 6.07) is 8.38. The number of morpholine rings is 1. The molecule has 2 aromatic rings. The van der Waals surface area contributed by atoms with Gasteiger partial charge < -0.3 is 24.3 Å². The van der Waals surface area contributed by atoms with Gasteiger partial charge in [0.25, 0.3) is 0 Å². The molecule has 1 fully saturated rings. The molecule has 1 aromatic heterocycles. The van der Waals surface area contributed by atoms with Gasteiger partial charge in [-0.15, -0.1) is 0 Å². The minimum Gasteiger partial charge on any atom is -0.502 e. The van der Waals surface area contributed by atoms with E-state index in [0.29, 0.717) is 31.3 Å². The molecule has 1 unspecified atom stereocenters. The Labute approximate surface area is 188 Å². The molecule has 174 valence electrons. The Bertz CT molecular complexity index is 977. The van der Waals surface area contributed by atoms with Gasteiger partial charge in [0.15, 0.2) is 5.76 Å². The van der Waals surface area contributed by atoms with E-state index in [-0.39, 0.29) is 23.6 Å². The van der Waals surface area contributed by atoms with Gasteiger partial charge in [-0.1, -0.05) is 12.1 Å². The molecule has 2 heterocycles. The number of hydrogen-bond acceptors (Lipinski definition) is 7. The number of carbonyl (C=O) groups is 1. The summed E-state index contributed by atoms with van der Waals surface area (Å²) in [5.74, 6) is -0.175. The third kappa shape index (κ3) is 5.69. The first-order valence-electron chi connectivity index (χ1n) is 10.8. The third-order valence-corrected chi connectivity index (χ3v) is 5.88. The van der Waals surface area contributed by atoms with E-state index in [9.17, 15) is 14.7 Å². The second-order valence-electron chi connectivity index (χ2n) is 8.65. The van der Waals surface area contributed by atoms with Crippen molar-refractivity contribution in [2.45, 2.75) is 38.6 Å². The number of carbonyl (C=O) groups excluding carboxylic acids is 1. The molecular weight excluding hydrogens is 412 g/mol. The maximum absolute atomic E-state index is 13.0. The minimum absolute atomic E-state index is 0.0193. The van der Waals surface area contributed by atoms with Crippen molar-refractivity contribution in [3.63, 3.8) is 0 Å². The van der Waals surface area contributed by atoms with Crippen LogP contribution in [-0.2, 0) is 9.53 Å². The third-order valence-electron chi connectivity index (χ3n) is 5.88. The topological polar surface area (TPSA) is 101 Å². The van der Waals surface area contributed by atoms with Crippen LogP contribution in [0, 0.1) is 6.92 Å². The summed E-state index contributed by atoms with van der Waals surface area (Å²) in [6.45, 7) is 9.28. The van der Waals surface area contributed by atoms with E-state index in [1.54, 1.807) is 38.3 Å². The molecule has 32 heavy (non-hydrogen) atoms. The average Bonchev–Trinajstić information content (AvgIpc) is 2.79. The number of ether oxygens (including phenoxy) is 2. The molecule has 0 radical (unpaired) electrons. The van der Waals surface area contributed by atoms with Crippen molar-refractivity contribution in [1.82, 2.24) is 10.2 Å². The van der Waals surface area contributed by atoms with Gasteiger partial charge in [0.05, 0.1) is 26.2 Å². The molecule has 1 atom stereocenters. The van der Waals surface area contributed by atoms with Crippen molar-refractivity contribution in [3.05, 3.63) is 57.6 Å². The number of methoxy groups -OCH3 is 1. The van der Waals surface area contributed by atoms with Crippen LogP contribution in [0.1, 0.15) is 43.3 Å². The van der Waals surface area contributed by atoms with Crippen LogP contribution in [0.2, 0.25) is 0 Å². The van der Waals surface area contributed by atoms with Gasteiger partial charge in [-0.3, -0.25) is 14.5 Å². The van der Waals surface area contributed by atoms with Crippen LogP contribution in [0.4, 0.5) is 0 Å². The van der Waals surface area contributed by atoms with Crippen molar-refractivity contribution in [1.29, 1.82) is 0 Å². The highest BCUT2D eigenvalue weighted by atomic mass is 16.5. The monoisotopic (exact) mass is 444 g/mol. The Kier molecular flexibility index (Phi) is 7.58. The molecule has 1 aliphatic rings. The maximum atomic E-state index is 13.0. The van der Waals surface area contributed by atoms with Crippen molar-refractivity contribution >= 4 is 5.91 Å². The zero-order valence-corrected chi connectivity index (χ0v) is 19.1. The number of nitrogens with one attached hydrogen (secondary N) is 1. The van der Waals surface area contributed by atoms with Gasteiger partial charge in [0.1, 0.15) is 11.5 Å². The normalized spacial score (nSPS) is 15.9.